The number of rotatable bonds is 3. The number of hydrogen-bond donors (Lipinski definition) is 1. The molecule has 1 aromatic rings. The summed E-state index contributed by atoms with van der Waals surface area (Å²) < 4.78 is 5.56. The van der Waals surface area contributed by atoms with Crippen molar-refractivity contribution in [2.45, 2.75) is 31.7 Å². The molecule has 0 aromatic carbocycles. The molecule has 0 atom stereocenters. The lowest BCUT2D eigenvalue weighted by molar-refractivity contribution is 0.230. The Kier molecular flexibility index (Phi) is 2.93. The van der Waals surface area contributed by atoms with Crippen molar-refractivity contribution in [2.75, 3.05) is 26.2 Å². The van der Waals surface area contributed by atoms with E-state index in [1.54, 1.807) is 0 Å². The Hall–Kier alpha value is -0.870. The van der Waals surface area contributed by atoms with Gasteiger partial charge in [0.15, 0.2) is 5.89 Å². The molecule has 1 aromatic heterocycles. The fourth-order valence-corrected chi connectivity index (χ4v) is 2.34. The van der Waals surface area contributed by atoms with Crippen LogP contribution in [0.25, 0.3) is 0 Å². The SMILES string of the molecule is c1oc(C2CCC2)nc1CN1CCNCC1. The van der Waals surface area contributed by atoms with Crippen molar-refractivity contribution in [3.8, 4) is 0 Å². The third-order valence-electron chi connectivity index (χ3n) is 3.62. The van der Waals surface area contributed by atoms with Crippen LogP contribution in [0.5, 0.6) is 0 Å². The van der Waals surface area contributed by atoms with E-state index in [0.717, 1.165) is 44.3 Å². The molecule has 2 aliphatic rings. The summed E-state index contributed by atoms with van der Waals surface area (Å²) in [6, 6.07) is 0. The van der Waals surface area contributed by atoms with Crippen LogP contribution in [0.1, 0.15) is 36.8 Å². The van der Waals surface area contributed by atoms with E-state index in [2.05, 4.69) is 15.2 Å². The Balaban J connectivity index is 1.58. The Morgan fingerprint density at radius 1 is 1.38 bits per heavy atom. The molecule has 1 aliphatic carbocycles. The van der Waals surface area contributed by atoms with Crippen LogP contribution in [0.15, 0.2) is 10.7 Å². The quantitative estimate of drug-likeness (QED) is 0.836. The lowest BCUT2D eigenvalue weighted by atomic mass is 9.85. The molecule has 16 heavy (non-hydrogen) atoms. The highest BCUT2D eigenvalue weighted by Crippen LogP contribution is 2.35. The maximum atomic E-state index is 5.56. The minimum atomic E-state index is 0.608. The third-order valence-corrected chi connectivity index (χ3v) is 3.62. The molecule has 1 N–H and O–H groups in total. The standard InChI is InChI=1S/C12H19N3O/c1-2-10(3-1)12-14-11(9-16-12)8-15-6-4-13-5-7-15/h9-10,13H,1-8H2. The monoisotopic (exact) mass is 221 g/mol. The van der Waals surface area contributed by atoms with E-state index in [9.17, 15) is 0 Å². The van der Waals surface area contributed by atoms with Crippen LogP contribution in [0, 0.1) is 0 Å². The summed E-state index contributed by atoms with van der Waals surface area (Å²) in [5.74, 6) is 1.58. The van der Waals surface area contributed by atoms with Crippen molar-refractivity contribution in [3.63, 3.8) is 0 Å². The van der Waals surface area contributed by atoms with Gasteiger partial charge in [0.1, 0.15) is 6.26 Å². The van der Waals surface area contributed by atoms with Crippen molar-refractivity contribution in [1.29, 1.82) is 0 Å². The van der Waals surface area contributed by atoms with Crippen molar-refractivity contribution >= 4 is 0 Å². The molecule has 2 fully saturated rings. The zero-order valence-corrected chi connectivity index (χ0v) is 9.61. The average Bonchev–Trinajstić information content (AvgIpc) is 2.65. The van der Waals surface area contributed by atoms with Crippen LogP contribution >= 0.6 is 0 Å². The molecule has 1 saturated carbocycles. The molecular weight excluding hydrogens is 202 g/mol. The van der Waals surface area contributed by atoms with Gasteiger partial charge in [0, 0.05) is 38.6 Å². The van der Waals surface area contributed by atoms with Crippen LogP contribution in [0.3, 0.4) is 0 Å². The van der Waals surface area contributed by atoms with Gasteiger partial charge in [-0.05, 0) is 12.8 Å². The van der Waals surface area contributed by atoms with Crippen LogP contribution in [-0.4, -0.2) is 36.1 Å². The summed E-state index contributed by atoms with van der Waals surface area (Å²) in [6.45, 7) is 5.36. The number of piperazine rings is 1. The molecule has 3 rings (SSSR count). The number of nitrogens with one attached hydrogen (secondary N) is 1. The third kappa shape index (κ3) is 2.13. The molecule has 4 heteroatoms. The van der Waals surface area contributed by atoms with Crippen LogP contribution in [0.4, 0.5) is 0 Å². The first-order valence-corrected chi connectivity index (χ1v) is 6.29. The van der Waals surface area contributed by atoms with E-state index in [0.29, 0.717) is 5.92 Å². The molecule has 0 unspecified atom stereocenters. The minimum Gasteiger partial charge on any atom is -0.448 e. The second kappa shape index (κ2) is 4.55. The van der Waals surface area contributed by atoms with Crippen molar-refractivity contribution in [2.24, 2.45) is 0 Å². The summed E-state index contributed by atoms with van der Waals surface area (Å²) in [7, 11) is 0. The fourth-order valence-electron chi connectivity index (χ4n) is 2.34. The Labute approximate surface area is 96.0 Å². The molecular formula is C12H19N3O. The number of aromatic nitrogens is 1. The average molecular weight is 221 g/mol. The lowest BCUT2D eigenvalue weighted by Gasteiger charge is -2.26. The van der Waals surface area contributed by atoms with Gasteiger partial charge in [0.2, 0.25) is 0 Å². The first kappa shape index (κ1) is 10.3. The fraction of sp³-hybridized carbons (Fsp3) is 0.750. The second-order valence-electron chi connectivity index (χ2n) is 4.83. The molecule has 2 heterocycles. The summed E-state index contributed by atoms with van der Waals surface area (Å²) in [6.07, 6.45) is 5.69. The second-order valence-corrected chi connectivity index (χ2v) is 4.83. The Morgan fingerprint density at radius 2 is 2.19 bits per heavy atom. The summed E-state index contributed by atoms with van der Waals surface area (Å²) >= 11 is 0. The van der Waals surface area contributed by atoms with Gasteiger partial charge >= 0.3 is 0 Å². The van der Waals surface area contributed by atoms with Crippen LogP contribution in [0.2, 0.25) is 0 Å². The van der Waals surface area contributed by atoms with E-state index < -0.39 is 0 Å². The van der Waals surface area contributed by atoms with E-state index >= 15 is 0 Å². The maximum Gasteiger partial charge on any atom is 0.197 e. The molecule has 4 nitrogen and oxygen atoms in total. The predicted octanol–water partition coefficient (Wildman–Crippen LogP) is 1.35. The number of nitrogens with zero attached hydrogens (tertiary/aromatic N) is 2. The molecule has 0 spiro atoms. The van der Waals surface area contributed by atoms with Crippen molar-refractivity contribution in [1.82, 2.24) is 15.2 Å². The highest BCUT2D eigenvalue weighted by molar-refractivity contribution is 5.03. The topological polar surface area (TPSA) is 41.3 Å². The van der Waals surface area contributed by atoms with Crippen LogP contribution in [-0.2, 0) is 6.54 Å². The normalized spacial score (nSPS) is 23.2. The first-order chi connectivity index (χ1) is 7.92. The zero-order valence-electron chi connectivity index (χ0n) is 9.61. The van der Waals surface area contributed by atoms with Crippen molar-refractivity contribution in [3.05, 3.63) is 17.8 Å². The molecule has 88 valence electrons. The van der Waals surface area contributed by atoms with Gasteiger partial charge < -0.3 is 9.73 Å². The summed E-state index contributed by atoms with van der Waals surface area (Å²) in [5, 5.41) is 3.36. The molecule has 0 bridgehead atoms. The Bertz CT molecular complexity index is 340. The number of hydrogen-bond acceptors (Lipinski definition) is 4. The maximum absolute atomic E-state index is 5.56. The van der Waals surface area contributed by atoms with E-state index in [4.69, 9.17) is 4.42 Å². The highest BCUT2D eigenvalue weighted by atomic mass is 16.3. The number of oxazole rings is 1. The minimum absolute atomic E-state index is 0.608. The largest absolute Gasteiger partial charge is 0.448 e. The van der Waals surface area contributed by atoms with Gasteiger partial charge in [-0.2, -0.15) is 0 Å². The predicted molar refractivity (Wildman–Crippen MR) is 61.2 cm³/mol. The molecule has 0 radical (unpaired) electrons. The Morgan fingerprint density at radius 3 is 2.88 bits per heavy atom. The zero-order chi connectivity index (χ0) is 10.8. The van der Waals surface area contributed by atoms with Crippen LogP contribution < -0.4 is 5.32 Å². The lowest BCUT2D eigenvalue weighted by Crippen LogP contribution is -2.42. The molecule has 0 amide bonds. The highest BCUT2D eigenvalue weighted by Gasteiger charge is 2.24. The molecule has 1 aliphatic heterocycles. The van der Waals surface area contributed by atoms with Gasteiger partial charge in [-0.25, -0.2) is 4.98 Å². The van der Waals surface area contributed by atoms with Crippen molar-refractivity contribution < 1.29 is 4.42 Å². The van der Waals surface area contributed by atoms with Gasteiger partial charge in [-0.3, -0.25) is 4.90 Å². The summed E-state index contributed by atoms with van der Waals surface area (Å²) in [4.78, 5) is 7.03. The van der Waals surface area contributed by atoms with Gasteiger partial charge in [-0.1, -0.05) is 6.42 Å². The first-order valence-electron chi connectivity index (χ1n) is 6.29. The molecule has 1 saturated heterocycles. The smallest absolute Gasteiger partial charge is 0.197 e. The van der Waals surface area contributed by atoms with E-state index in [1.807, 2.05) is 6.26 Å². The summed E-state index contributed by atoms with van der Waals surface area (Å²) in [5.41, 5.74) is 1.10. The van der Waals surface area contributed by atoms with Gasteiger partial charge in [0.25, 0.3) is 0 Å². The van der Waals surface area contributed by atoms with E-state index in [1.165, 1.54) is 19.3 Å². The van der Waals surface area contributed by atoms with E-state index in [-0.39, 0.29) is 0 Å². The van der Waals surface area contributed by atoms with Gasteiger partial charge in [-0.15, -0.1) is 0 Å². The van der Waals surface area contributed by atoms with Gasteiger partial charge in [0.05, 0.1) is 5.69 Å².